The van der Waals surface area contributed by atoms with E-state index in [9.17, 15) is 4.79 Å². The van der Waals surface area contributed by atoms with Crippen LogP contribution in [0.5, 0.6) is 5.75 Å². The summed E-state index contributed by atoms with van der Waals surface area (Å²) >= 11 is 0. The topological polar surface area (TPSA) is 82.8 Å². The summed E-state index contributed by atoms with van der Waals surface area (Å²) < 4.78 is 5.43. The van der Waals surface area contributed by atoms with Gasteiger partial charge < -0.3 is 15.0 Å². The number of nitrogens with zero attached hydrogens (tertiary/aromatic N) is 1. The minimum atomic E-state index is -0.130. The van der Waals surface area contributed by atoms with E-state index in [0.29, 0.717) is 5.69 Å². The van der Waals surface area contributed by atoms with Crippen LogP contribution in [0.3, 0.4) is 0 Å². The number of para-hydroxylation sites is 1. The summed E-state index contributed by atoms with van der Waals surface area (Å²) in [6, 6.07) is 9.65. The summed E-state index contributed by atoms with van der Waals surface area (Å²) in [7, 11) is 1.64. The van der Waals surface area contributed by atoms with Gasteiger partial charge in [-0.1, -0.05) is 18.2 Å². The predicted octanol–water partition coefficient (Wildman–Crippen LogP) is 3.22. The van der Waals surface area contributed by atoms with Gasteiger partial charge in [0.15, 0.2) is 0 Å². The monoisotopic (exact) mass is 324 g/mol. The van der Waals surface area contributed by atoms with Crippen LogP contribution in [0.1, 0.15) is 24.3 Å². The van der Waals surface area contributed by atoms with Crippen LogP contribution >= 0.6 is 0 Å². The van der Waals surface area contributed by atoms with Crippen molar-refractivity contribution in [2.45, 2.75) is 19.9 Å². The van der Waals surface area contributed by atoms with E-state index in [-0.39, 0.29) is 11.9 Å². The van der Waals surface area contributed by atoms with E-state index in [0.717, 1.165) is 28.1 Å². The van der Waals surface area contributed by atoms with Crippen LogP contribution in [0, 0.1) is 0 Å². The van der Waals surface area contributed by atoms with Gasteiger partial charge in [-0.25, -0.2) is 0 Å². The third-order valence-electron chi connectivity index (χ3n) is 3.67. The van der Waals surface area contributed by atoms with Crippen molar-refractivity contribution in [2.75, 3.05) is 7.11 Å². The van der Waals surface area contributed by atoms with Crippen molar-refractivity contribution in [3.05, 3.63) is 48.4 Å². The zero-order valence-corrected chi connectivity index (χ0v) is 13.9. The highest BCUT2D eigenvalue weighted by molar-refractivity contribution is 5.95. The van der Waals surface area contributed by atoms with Crippen LogP contribution in [0.4, 0.5) is 0 Å². The first-order chi connectivity index (χ1) is 11.6. The van der Waals surface area contributed by atoms with E-state index in [4.69, 9.17) is 4.74 Å². The number of carbonyl (C=O) groups is 1. The number of aromatic amines is 2. The minimum absolute atomic E-state index is 0.0838. The van der Waals surface area contributed by atoms with Crippen LogP contribution in [0.25, 0.3) is 22.4 Å². The number of H-pyrrole nitrogens is 2. The molecule has 0 saturated heterocycles. The van der Waals surface area contributed by atoms with Crippen LogP contribution in [-0.4, -0.2) is 34.2 Å². The van der Waals surface area contributed by atoms with E-state index in [1.54, 1.807) is 19.5 Å². The molecular formula is C18H20N4O2. The lowest BCUT2D eigenvalue weighted by Gasteiger charge is -2.08. The summed E-state index contributed by atoms with van der Waals surface area (Å²) in [5.41, 5.74) is 4.07. The molecule has 0 saturated carbocycles. The number of benzene rings is 1. The highest BCUT2D eigenvalue weighted by Crippen LogP contribution is 2.35. The number of nitrogens with one attached hydrogen (secondary N) is 3. The average Bonchev–Trinajstić information content (AvgIpc) is 3.23. The van der Waals surface area contributed by atoms with Crippen molar-refractivity contribution >= 4 is 5.91 Å². The zero-order valence-electron chi connectivity index (χ0n) is 13.9. The number of rotatable bonds is 5. The molecule has 2 heterocycles. The van der Waals surface area contributed by atoms with Crippen LogP contribution in [0.2, 0.25) is 0 Å². The first-order valence-electron chi connectivity index (χ1n) is 7.76. The van der Waals surface area contributed by atoms with Crippen molar-refractivity contribution in [3.63, 3.8) is 0 Å². The molecular weight excluding hydrogens is 304 g/mol. The number of hydrogen-bond donors (Lipinski definition) is 3. The van der Waals surface area contributed by atoms with Gasteiger partial charge in [0, 0.05) is 28.9 Å². The molecule has 0 fully saturated rings. The Balaban J connectivity index is 1.97. The fraction of sp³-hybridized carbons (Fsp3) is 0.222. The number of aromatic nitrogens is 3. The van der Waals surface area contributed by atoms with E-state index >= 15 is 0 Å². The normalized spacial score (nSPS) is 10.8. The summed E-state index contributed by atoms with van der Waals surface area (Å²) in [5, 5.41) is 10.0. The van der Waals surface area contributed by atoms with E-state index < -0.39 is 0 Å². The number of methoxy groups -OCH3 is 1. The van der Waals surface area contributed by atoms with Crippen molar-refractivity contribution in [2.24, 2.45) is 0 Å². The van der Waals surface area contributed by atoms with E-state index in [2.05, 4.69) is 20.5 Å². The van der Waals surface area contributed by atoms with Crippen molar-refractivity contribution in [3.8, 4) is 28.1 Å². The Labute approximate surface area is 140 Å². The van der Waals surface area contributed by atoms with Crippen molar-refractivity contribution < 1.29 is 9.53 Å². The molecule has 1 amide bonds. The third kappa shape index (κ3) is 3.03. The highest BCUT2D eigenvalue weighted by atomic mass is 16.5. The molecule has 3 aromatic rings. The smallest absolute Gasteiger partial charge is 0.267 e. The molecule has 0 aliphatic carbocycles. The molecule has 24 heavy (non-hydrogen) atoms. The minimum Gasteiger partial charge on any atom is -0.496 e. The van der Waals surface area contributed by atoms with Gasteiger partial charge in [0.1, 0.15) is 11.4 Å². The molecule has 0 aliphatic heterocycles. The Hall–Kier alpha value is -3.02. The quantitative estimate of drug-likeness (QED) is 0.674. The summed E-state index contributed by atoms with van der Waals surface area (Å²) in [4.78, 5) is 15.1. The maximum absolute atomic E-state index is 12.1. The first-order valence-corrected chi connectivity index (χ1v) is 7.76. The van der Waals surface area contributed by atoms with Crippen LogP contribution in [-0.2, 0) is 0 Å². The van der Waals surface area contributed by atoms with Crippen molar-refractivity contribution in [1.82, 2.24) is 20.5 Å². The molecule has 3 N–H and O–H groups in total. The SMILES string of the molecule is COc1ccccc1-c1cn[nH]c1-c1c[nH]c(C(=O)NC(C)C)c1. The summed E-state index contributed by atoms with van der Waals surface area (Å²) in [6.07, 6.45) is 3.55. The van der Waals surface area contributed by atoms with Crippen LogP contribution < -0.4 is 10.1 Å². The predicted molar refractivity (Wildman–Crippen MR) is 93.0 cm³/mol. The number of carbonyl (C=O) groups excluding carboxylic acids is 1. The third-order valence-corrected chi connectivity index (χ3v) is 3.67. The molecule has 0 aliphatic rings. The Morgan fingerprint density at radius 1 is 1.25 bits per heavy atom. The van der Waals surface area contributed by atoms with Gasteiger partial charge in [-0.2, -0.15) is 5.10 Å². The Morgan fingerprint density at radius 2 is 2.04 bits per heavy atom. The van der Waals surface area contributed by atoms with Gasteiger partial charge in [0.2, 0.25) is 0 Å². The molecule has 3 rings (SSSR count). The molecule has 0 bridgehead atoms. The maximum atomic E-state index is 12.1. The Morgan fingerprint density at radius 3 is 2.79 bits per heavy atom. The molecule has 0 spiro atoms. The van der Waals surface area contributed by atoms with E-state index in [1.165, 1.54) is 0 Å². The standard InChI is InChI=1S/C18H20N4O2/c1-11(2)21-18(23)15-8-12(9-19-15)17-14(10-20-22-17)13-6-4-5-7-16(13)24-3/h4-11,19H,1-3H3,(H,20,22)(H,21,23). The molecule has 6 nitrogen and oxygen atoms in total. The largest absolute Gasteiger partial charge is 0.496 e. The maximum Gasteiger partial charge on any atom is 0.267 e. The van der Waals surface area contributed by atoms with Crippen LogP contribution in [0.15, 0.2) is 42.7 Å². The van der Waals surface area contributed by atoms with Gasteiger partial charge in [-0.3, -0.25) is 9.89 Å². The second-order valence-electron chi connectivity index (χ2n) is 5.79. The lowest BCUT2D eigenvalue weighted by atomic mass is 10.0. The lowest BCUT2D eigenvalue weighted by molar-refractivity contribution is 0.0938. The molecule has 124 valence electrons. The number of ether oxygens (including phenoxy) is 1. The van der Waals surface area contributed by atoms with Gasteiger partial charge >= 0.3 is 0 Å². The fourth-order valence-electron chi connectivity index (χ4n) is 2.59. The molecule has 0 radical (unpaired) electrons. The molecule has 1 aromatic carbocycles. The number of hydrogen-bond acceptors (Lipinski definition) is 3. The van der Waals surface area contributed by atoms with Gasteiger partial charge in [-0.15, -0.1) is 0 Å². The molecule has 2 aromatic heterocycles. The molecule has 0 atom stereocenters. The van der Waals surface area contributed by atoms with Gasteiger partial charge in [-0.05, 0) is 26.0 Å². The second kappa shape index (κ2) is 6.62. The zero-order chi connectivity index (χ0) is 17.1. The lowest BCUT2D eigenvalue weighted by Crippen LogP contribution is -2.30. The van der Waals surface area contributed by atoms with E-state index in [1.807, 2.05) is 44.2 Å². The molecule has 0 unspecified atom stereocenters. The first kappa shape index (κ1) is 15.9. The van der Waals surface area contributed by atoms with Gasteiger partial charge in [0.05, 0.1) is 19.0 Å². The highest BCUT2D eigenvalue weighted by Gasteiger charge is 2.16. The summed E-state index contributed by atoms with van der Waals surface area (Å²) in [6.45, 7) is 3.85. The van der Waals surface area contributed by atoms with Crippen molar-refractivity contribution in [1.29, 1.82) is 0 Å². The van der Waals surface area contributed by atoms with Gasteiger partial charge in [0.25, 0.3) is 5.91 Å². The molecule has 6 heteroatoms. The average molecular weight is 324 g/mol. The Kier molecular flexibility index (Phi) is 4.37. The number of amides is 1. The fourth-order valence-corrected chi connectivity index (χ4v) is 2.59. The summed E-state index contributed by atoms with van der Waals surface area (Å²) in [5.74, 6) is 0.642. The Bertz CT molecular complexity index is 848. The second-order valence-corrected chi connectivity index (χ2v) is 5.79.